The van der Waals surface area contributed by atoms with Gasteiger partial charge in [-0.05, 0) is 94.2 Å². The molecule has 0 bridgehead atoms. The van der Waals surface area contributed by atoms with Crippen molar-refractivity contribution in [3.05, 3.63) is 206 Å². The van der Waals surface area contributed by atoms with Crippen LogP contribution in [0, 0.1) is 0 Å². The highest BCUT2D eigenvalue weighted by atomic mass is 16.3. The molecule has 0 unspecified atom stereocenters. The number of fused-ring (bicyclic) bond motifs is 7. The van der Waals surface area contributed by atoms with Crippen LogP contribution in [0.2, 0.25) is 0 Å². The molecular weight excluding hydrogens is 669 g/mol. The molecule has 0 atom stereocenters. The Morgan fingerprint density at radius 1 is 0.382 bits per heavy atom. The highest BCUT2D eigenvalue weighted by Crippen LogP contribution is 2.44. The van der Waals surface area contributed by atoms with E-state index in [4.69, 9.17) is 4.42 Å². The standard InChI is InChI=1S/C52H34N2O/c1-2-15-36-32-38(31-30-35(36)14-1)42-20-3-7-25-47(42)53(39-17-11-16-37(33-39)43-24-13-29-51-52(43)46-23-6-10-28-50(46)55-51)40-18-12-19-41(34-40)54-48-26-8-4-21-44(48)45-22-5-9-27-49(45)54/h1-34H. The van der Waals surface area contributed by atoms with E-state index >= 15 is 0 Å². The minimum atomic E-state index is 0.890. The van der Waals surface area contributed by atoms with Crippen molar-refractivity contribution in [2.75, 3.05) is 4.90 Å². The maximum absolute atomic E-state index is 6.32. The molecule has 0 N–H and O–H groups in total. The molecule has 0 saturated carbocycles. The fourth-order valence-corrected chi connectivity index (χ4v) is 8.50. The largest absolute Gasteiger partial charge is 0.456 e. The normalized spacial score (nSPS) is 11.6. The fourth-order valence-electron chi connectivity index (χ4n) is 8.50. The first-order valence-electron chi connectivity index (χ1n) is 18.8. The monoisotopic (exact) mass is 702 g/mol. The van der Waals surface area contributed by atoms with Gasteiger partial charge in [0.15, 0.2) is 0 Å². The van der Waals surface area contributed by atoms with Crippen LogP contribution >= 0.6 is 0 Å². The van der Waals surface area contributed by atoms with Crippen molar-refractivity contribution < 1.29 is 4.42 Å². The molecule has 0 amide bonds. The molecule has 0 radical (unpaired) electrons. The number of hydrogen-bond donors (Lipinski definition) is 0. The lowest BCUT2D eigenvalue weighted by molar-refractivity contribution is 0.669. The maximum Gasteiger partial charge on any atom is 0.136 e. The number of benzene rings is 9. The molecule has 0 aliphatic rings. The van der Waals surface area contributed by atoms with E-state index in [1.165, 1.54) is 38.1 Å². The number of hydrogen-bond acceptors (Lipinski definition) is 2. The molecular formula is C52H34N2O. The van der Waals surface area contributed by atoms with Crippen LogP contribution in [0.1, 0.15) is 0 Å². The summed E-state index contributed by atoms with van der Waals surface area (Å²) in [5, 5.41) is 7.19. The third-order valence-electron chi connectivity index (χ3n) is 10.9. The summed E-state index contributed by atoms with van der Waals surface area (Å²) in [5.41, 5.74) is 13.1. The summed E-state index contributed by atoms with van der Waals surface area (Å²) >= 11 is 0. The van der Waals surface area contributed by atoms with Gasteiger partial charge in [0.25, 0.3) is 0 Å². The zero-order chi connectivity index (χ0) is 36.3. The Morgan fingerprint density at radius 2 is 0.982 bits per heavy atom. The Hall–Kier alpha value is -7.36. The Bertz CT molecular complexity index is 3190. The van der Waals surface area contributed by atoms with Crippen LogP contribution < -0.4 is 4.90 Å². The second kappa shape index (κ2) is 12.6. The van der Waals surface area contributed by atoms with Crippen molar-refractivity contribution >= 4 is 71.6 Å². The van der Waals surface area contributed by atoms with Gasteiger partial charge >= 0.3 is 0 Å². The zero-order valence-corrected chi connectivity index (χ0v) is 29.9. The molecule has 2 heterocycles. The molecule has 0 spiro atoms. The van der Waals surface area contributed by atoms with Crippen LogP contribution in [0.4, 0.5) is 17.1 Å². The SMILES string of the molecule is c1cc(-c2cccc3oc4ccccc4c23)cc(N(c2cccc(-n3c4ccccc4c4ccccc43)c2)c2ccccc2-c2ccc3ccccc3c2)c1. The second-order valence-electron chi connectivity index (χ2n) is 14.1. The fraction of sp³-hybridized carbons (Fsp3) is 0. The van der Waals surface area contributed by atoms with Crippen molar-refractivity contribution in [3.8, 4) is 27.9 Å². The van der Waals surface area contributed by atoms with Crippen molar-refractivity contribution in [3.63, 3.8) is 0 Å². The number of rotatable bonds is 6. The predicted octanol–water partition coefficient (Wildman–Crippen LogP) is 14.6. The van der Waals surface area contributed by atoms with Crippen LogP contribution in [0.15, 0.2) is 211 Å². The van der Waals surface area contributed by atoms with Gasteiger partial charge in [0.1, 0.15) is 11.2 Å². The maximum atomic E-state index is 6.32. The third-order valence-corrected chi connectivity index (χ3v) is 10.9. The van der Waals surface area contributed by atoms with Gasteiger partial charge in [0.2, 0.25) is 0 Å². The van der Waals surface area contributed by atoms with E-state index in [1.54, 1.807) is 0 Å². The molecule has 0 aliphatic heterocycles. The van der Waals surface area contributed by atoms with E-state index in [1.807, 2.05) is 12.1 Å². The number of aromatic nitrogens is 1. The molecule has 3 nitrogen and oxygen atoms in total. The molecule has 9 aromatic carbocycles. The van der Waals surface area contributed by atoms with Gasteiger partial charge in [-0.1, -0.05) is 140 Å². The number of para-hydroxylation sites is 4. The number of anilines is 3. The predicted molar refractivity (Wildman–Crippen MR) is 231 cm³/mol. The minimum absolute atomic E-state index is 0.890. The average Bonchev–Trinajstić information content (AvgIpc) is 3.80. The highest BCUT2D eigenvalue weighted by Gasteiger charge is 2.21. The molecule has 258 valence electrons. The lowest BCUT2D eigenvalue weighted by Crippen LogP contribution is -2.12. The summed E-state index contributed by atoms with van der Waals surface area (Å²) < 4.78 is 8.71. The van der Waals surface area contributed by atoms with E-state index in [2.05, 4.69) is 204 Å². The van der Waals surface area contributed by atoms with Gasteiger partial charge < -0.3 is 13.9 Å². The Labute approximate surface area is 318 Å². The van der Waals surface area contributed by atoms with E-state index in [9.17, 15) is 0 Å². The summed E-state index contributed by atoms with van der Waals surface area (Å²) in [7, 11) is 0. The second-order valence-corrected chi connectivity index (χ2v) is 14.1. The van der Waals surface area contributed by atoms with Crippen molar-refractivity contribution in [1.82, 2.24) is 4.57 Å². The van der Waals surface area contributed by atoms with Gasteiger partial charge in [0.05, 0.1) is 16.7 Å². The topological polar surface area (TPSA) is 21.3 Å². The molecule has 2 aromatic heterocycles. The average molecular weight is 703 g/mol. The third kappa shape index (κ3) is 5.13. The van der Waals surface area contributed by atoms with Crippen LogP contribution in [0.5, 0.6) is 0 Å². The smallest absolute Gasteiger partial charge is 0.136 e. The van der Waals surface area contributed by atoms with Crippen LogP contribution in [0.3, 0.4) is 0 Å². The zero-order valence-electron chi connectivity index (χ0n) is 29.9. The summed E-state index contributed by atoms with van der Waals surface area (Å²) in [6.07, 6.45) is 0. The molecule has 11 aromatic rings. The lowest BCUT2D eigenvalue weighted by Gasteiger charge is -2.29. The number of nitrogens with zero attached hydrogens (tertiary/aromatic N) is 2. The molecule has 55 heavy (non-hydrogen) atoms. The van der Waals surface area contributed by atoms with Crippen LogP contribution in [0.25, 0.3) is 82.5 Å². The molecule has 0 aliphatic carbocycles. The van der Waals surface area contributed by atoms with Gasteiger partial charge in [-0.15, -0.1) is 0 Å². The molecule has 11 rings (SSSR count). The van der Waals surface area contributed by atoms with Crippen LogP contribution in [-0.2, 0) is 0 Å². The van der Waals surface area contributed by atoms with E-state index in [0.717, 1.165) is 61.4 Å². The summed E-state index contributed by atoms with van der Waals surface area (Å²) in [4.78, 5) is 2.42. The van der Waals surface area contributed by atoms with Gasteiger partial charge in [-0.2, -0.15) is 0 Å². The van der Waals surface area contributed by atoms with E-state index in [0.29, 0.717) is 0 Å². The van der Waals surface area contributed by atoms with Gasteiger partial charge in [-0.25, -0.2) is 0 Å². The van der Waals surface area contributed by atoms with Gasteiger partial charge in [0, 0.05) is 44.2 Å². The van der Waals surface area contributed by atoms with E-state index < -0.39 is 0 Å². The number of furan rings is 1. The summed E-state index contributed by atoms with van der Waals surface area (Å²) in [5.74, 6) is 0. The van der Waals surface area contributed by atoms with Gasteiger partial charge in [-0.3, -0.25) is 0 Å². The Kier molecular flexibility index (Phi) is 7.17. The molecule has 3 heteroatoms. The Balaban J connectivity index is 1.15. The first-order valence-corrected chi connectivity index (χ1v) is 18.8. The highest BCUT2D eigenvalue weighted by molar-refractivity contribution is 6.13. The quantitative estimate of drug-likeness (QED) is 0.172. The molecule has 0 saturated heterocycles. The van der Waals surface area contributed by atoms with Crippen LogP contribution in [-0.4, -0.2) is 4.57 Å². The summed E-state index contributed by atoms with van der Waals surface area (Å²) in [6, 6.07) is 74.1. The minimum Gasteiger partial charge on any atom is -0.456 e. The first kappa shape index (κ1) is 31.2. The Morgan fingerprint density at radius 3 is 1.82 bits per heavy atom. The van der Waals surface area contributed by atoms with Crippen molar-refractivity contribution in [2.45, 2.75) is 0 Å². The molecule has 0 fully saturated rings. The van der Waals surface area contributed by atoms with Crippen molar-refractivity contribution in [1.29, 1.82) is 0 Å². The van der Waals surface area contributed by atoms with E-state index in [-0.39, 0.29) is 0 Å². The first-order chi connectivity index (χ1) is 27.3. The lowest BCUT2D eigenvalue weighted by atomic mass is 9.97. The summed E-state index contributed by atoms with van der Waals surface area (Å²) in [6.45, 7) is 0. The van der Waals surface area contributed by atoms with Crippen molar-refractivity contribution in [2.24, 2.45) is 0 Å².